The van der Waals surface area contributed by atoms with Crippen LogP contribution in [0.5, 0.6) is 0 Å². The zero-order chi connectivity index (χ0) is 20.4. The molecule has 3 aromatic rings. The molecule has 5 heteroatoms. The van der Waals surface area contributed by atoms with Crippen molar-refractivity contribution in [2.75, 3.05) is 0 Å². The number of carbonyl (C=O) groups is 1. The zero-order valence-corrected chi connectivity index (χ0v) is 17.3. The Morgan fingerprint density at radius 1 is 1.17 bits per heavy atom. The number of hydrogen-bond donors (Lipinski definition) is 1. The molecule has 0 saturated heterocycles. The van der Waals surface area contributed by atoms with Crippen molar-refractivity contribution in [1.29, 1.82) is 0 Å². The van der Waals surface area contributed by atoms with Crippen LogP contribution in [0.3, 0.4) is 0 Å². The van der Waals surface area contributed by atoms with Gasteiger partial charge in [-0.3, -0.25) is 5.10 Å². The summed E-state index contributed by atoms with van der Waals surface area (Å²) in [6, 6.07) is 14.8. The van der Waals surface area contributed by atoms with Gasteiger partial charge in [-0.2, -0.15) is 5.10 Å². The highest BCUT2D eigenvalue weighted by molar-refractivity contribution is 6.04. The molecule has 0 saturated carbocycles. The summed E-state index contributed by atoms with van der Waals surface area (Å²) in [5.74, 6) is -0.288. The van der Waals surface area contributed by atoms with Crippen molar-refractivity contribution in [3.8, 4) is 0 Å². The highest BCUT2D eigenvalue weighted by Crippen LogP contribution is 2.36. The van der Waals surface area contributed by atoms with Gasteiger partial charge in [0.2, 0.25) is 0 Å². The van der Waals surface area contributed by atoms with Gasteiger partial charge >= 0.3 is 5.97 Å². The highest BCUT2D eigenvalue weighted by Gasteiger charge is 2.34. The van der Waals surface area contributed by atoms with E-state index in [4.69, 9.17) is 4.84 Å². The lowest BCUT2D eigenvalue weighted by Crippen LogP contribution is -2.28. The number of hydrogen-bond acceptors (Lipinski definition) is 4. The molecule has 0 atom stereocenters. The zero-order valence-electron chi connectivity index (χ0n) is 17.3. The minimum Gasteiger partial charge on any atom is -0.318 e. The fraction of sp³-hybridized carbons (Fsp3) is 0.375. The van der Waals surface area contributed by atoms with Crippen molar-refractivity contribution in [2.24, 2.45) is 10.6 Å². The van der Waals surface area contributed by atoms with Gasteiger partial charge in [-0.05, 0) is 41.0 Å². The van der Waals surface area contributed by atoms with Crippen molar-refractivity contribution >= 4 is 22.5 Å². The smallest absolute Gasteiger partial charge is 0.318 e. The summed E-state index contributed by atoms with van der Waals surface area (Å²) < 4.78 is 0. The third-order valence-corrected chi connectivity index (χ3v) is 5.46. The Kier molecular flexibility index (Phi) is 5.22. The summed E-state index contributed by atoms with van der Waals surface area (Å²) in [5, 5.41) is 14.6. The van der Waals surface area contributed by atoms with Crippen LogP contribution >= 0.6 is 0 Å². The molecule has 1 N–H and O–H groups in total. The van der Waals surface area contributed by atoms with Gasteiger partial charge in [0.25, 0.3) is 0 Å². The number of rotatable bonds is 5. The van der Waals surface area contributed by atoms with E-state index in [1.54, 1.807) is 0 Å². The second-order valence-corrected chi connectivity index (χ2v) is 8.61. The minimum absolute atomic E-state index is 0.0340. The fourth-order valence-electron chi connectivity index (χ4n) is 4.16. The van der Waals surface area contributed by atoms with Gasteiger partial charge in [0.05, 0.1) is 11.4 Å². The molecule has 1 aliphatic carbocycles. The summed E-state index contributed by atoms with van der Waals surface area (Å²) in [7, 11) is 0. The molecule has 1 heterocycles. The number of fused-ring (bicyclic) bond motifs is 2. The third kappa shape index (κ3) is 4.09. The van der Waals surface area contributed by atoms with Crippen LogP contribution in [0.25, 0.3) is 10.8 Å². The van der Waals surface area contributed by atoms with Crippen molar-refractivity contribution in [3.05, 3.63) is 65.0 Å². The van der Waals surface area contributed by atoms with E-state index in [1.807, 2.05) is 6.92 Å². The summed E-state index contributed by atoms with van der Waals surface area (Å²) >= 11 is 0. The maximum absolute atomic E-state index is 11.9. The fourth-order valence-corrected chi connectivity index (χ4v) is 4.16. The maximum atomic E-state index is 11.9. The van der Waals surface area contributed by atoms with Gasteiger partial charge in [-0.25, -0.2) is 4.79 Å². The Hall–Kier alpha value is -2.95. The number of H-pyrrole nitrogens is 1. The van der Waals surface area contributed by atoms with Crippen LogP contribution in [0.2, 0.25) is 0 Å². The third-order valence-electron chi connectivity index (χ3n) is 5.46. The first-order chi connectivity index (χ1) is 14.0. The summed E-state index contributed by atoms with van der Waals surface area (Å²) in [6.45, 7) is 6.35. The molecule has 2 aromatic carbocycles. The van der Waals surface area contributed by atoms with Crippen LogP contribution in [-0.2, 0) is 22.5 Å². The van der Waals surface area contributed by atoms with Gasteiger partial charge in [0, 0.05) is 24.1 Å². The van der Waals surface area contributed by atoms with E-state index in [0.29, 0.717) is 12.8 Å². The SMILES string of the molecule is CCCC(=O)O/N=C1\CC(C)(C)Cc2[nH]nc(Cc3cccc4ccccc34)c21. The lowest BCUT2D eigenvalue weighted by Gasteiger charge is -2.29. The average Bonchev–Trinajstić information content (AvgIpc) is 3.08. The van der Waals surface area contributed by atoms with E-state index in [2.05, 4.69) is 71.7 Å². The van der Waals surface area contributed by atoms with Crippen molar-refractivity contribution in [2.45, 2.75) is 52.9 Å². The van der Waals surface area contributed by atoms with Crippen molar-refractivity contribution in [1.82, 2.24) is 10.2 Å². The molecule has 0 spiro atoms. The minimum atomic E-state index is -0.288. The van der Waals surface area contributed by atoms with Crippen LogP contribution in [-0.4, -0.2) is 21.9 Å². The molecule has 0 radical (unpaired) electrons. The van der Waals surface area contributed by atoms with Crippen LogP contribution in [0, 0.1) is 5.41 Å². The summed E-state index contributed by atoms with van der Waals surface area (Å²) in [6.07, 6.45) is 3.48. The van der Waals surface area contributed by atoms with Gasteiger partial charge in [-0.1, -0.05) is 68.4 Å². The van der Waals surface area contributed by atoms with Crippen LogP contribution in [0.1, 0.15) is 62.5 Å². The Bertz CT molecular complexity index is 1070. The van der Waals surface area contributed by atoms with E-state index in [9.17, 15) is 4.79 Å². The number of oxime groups is 1. The molecule has 150 valence electrons. The van der Waals surface area contributed by atoms with Gasteiger partial charge in [0.1, 0.15) is 0 Å². The van der Waals surface area contributed by atoms with Gasteiger partial charge in [0.15, 0.2) is 0 Å². The molecular formula is C24H27N3O2. The number of nitrogens with one attached hydrogen (secondary N) is 1. The second kappa shape index (κ2) is 7.82. The van der Waals surface area contributed by atoms with Crippen molar-refractivity contribution < 1.29 is 9.63 Å². The lowest BCUT2D eigenvalue weighted by atomic mass is 9.75. The second-order valence-electron chi connectivity index (χ2n) is 8.61. The van der Waals surface area contributed by atoms with E-state index >= 15 is 0 Å². The van der Waals surface area contributed by atoms with E-state index in [-0.39, 0.29) is 11.4 Å². The quantitative estimate of drug-likeness (QED) is 0.483. The van der Waals surface area contributed by atoms with Gasteiger partial charge < -0.3 is 4.84 Å². The van der Waals surface area contributed by atoms with E-state index in [1.165, 1.54) is 16.3 Å². The molecule has 29 heavy (non-hydrogen) atoms. The van der Waals surface area contributed by atoms with E-state index < -0.39 is 0 Å². The summed E-state index contributed by atoms with van der Waals surface area (Å²) in [4.78, 5) is 17.1. The largest absolute Gasteiger partial charge is 0.335 e. The van der Waals surface area contributed by atoms with Gasteiger partial charge in [-0.15, -0.1) is 0 Å². The number of carbonyl (C=O) groups excluding carboxylic acids is 1. The molecule has 0 fully saturated rings. The molecule has 5 nitrogen and oxygen atoms in total. The predicted molar refractivity (Wildman–Crippen MR) is 115 cm³/mol. The molecular weight excluding hydrogens is 362 g/mol. The first-order valence-corrected chi connectivity index (χ1v) is 10.3. The topological polar surface area (TPSA) is 67.3 Å². The lowest BCUT2D eigenvalue weighted by molar-refractivity contribution is -0.143. The number of benzene rings is 2. The predicted octanol–water partition coefficient (Wildman–Crippen LogP) is 5.17. The first kappa shape index (κ1) is 19.4. The molecule has 4 rings (SSSR count). The van der Waals surface area contributed by atoms with Crippen LogP contribution in [0.15, 0.2) is 47.6 Å². The van der Waals surface area contributed by atoms with Crippen molar-refractivity contribution in [3.63, 3.8) is 0 Å². The Morgan fingerprint density at radius 2 is 1.97 bits per heavy atom. The molecule has 1 aliphatic rings. The number of aromatic nitrogens is 2. The first-order valence-electron chi connectivity index (χ1n) is 10.3. The average molecular weight is 389 g/mol. The molecule has 0 unspecified atom stereocenters. The van der Waals surface area contributed by atoms with Crippen LogP contribution < -0.4 is 0 Å². The molecule has 1 aromatic heterocycles. The maximum Gasteiger partial charge on any atom is 0.335 e. The molecule has 0 amide bonds. The monoisotopic (exact) mass is 389 g/mol. The number of aromatic amines is 1. The highest BCUT2D eigenvalue weighted by atomic mass is 16.7. The normalized spacial score (nSPS) is 16.7. The van der Waals surface area contributed by atoms with Crippen LogP contribution in [0.4, 0.5) is 0 Å². The Balaban J connectivity index is 1.71. The Morgan fingerprint density at radius 3 is 2.79 bits per heavy atom. The number of nitrogens with zero attached hydrogens (tertiary/aromatic N) is 2. The molecule has 0 aliphatic heterocycles. The standard InChI is InChI=1S/C24H27N3O2/c1-4-8-22(28)29-27-21-15-24(2,3)14-20-23(21)19(25-26-20)13-17-11-7-10-16-9-5-6-12-18(16)17/h5-7,9-12H,4,8,13-15H2,1-3H3,(H,25,26)/b27-21+. The summed E-state index contributed by atoms with van der Waals surface area (Å²) in [5.41, 5.74) is 5.11. The Labute approximate surface area is 171 Å². The van der Waals surface area contributed by atoms with E-state index in [0.717, 1.165) is 41.9 Å². The molecule has 0 bridgehead atoms.